The quantitative estimate of drug-likeness (QED) is 0.717. The smallest absolute Gasteiger partial charge is 0.277 e. The second kappa shape index (κ2) is 6.43. The van der Waals surface area contributed by atoms with Crippen LogP contribution in [0.1, 0.15) is 29.9 Å². The molecule has 132 valence electrons. The number of benzene rings is 1. The summed E-state index contributed by atoms with van der Waals surface area (Å²) in [4.78, 5) is 0. The maximum absolute atomic E-state index is 13.1. The van der Waals surface area contributed by atoms with Crippen molar-refractivity contribution < 1.29 is 8.42 Å². The molecule has 1 saturated heterocycles. The molecule has 1 aromatic carbocycles. The van der Waals surface area contributed by atoms with E-state index in [9.17, 15) is 8.42 Å². The minimum atomic E-state index is -3.59. The van der Waals surface area contributed by atoms with Crippen LogP contribution >= 0.6 is 22.9 Å². The second-order valence-electron chi connectivity index (χ2n) is 6.48. The molecule has 0 aliphatic carbocycles. The van der Waals surface area contributed by atoms with Gasteiger partial charge in [-0.25, -0.2) is 3.97 Å². The molecule has 1 atom stereocenters. The summed E-state index contributed by atoms with van der Waals surface area (Å²) >= 11 is 7.36. The minimum absolute atomic E-state index is 0.382. The average molecular weight is 395 g/mol. The number of halogens is 1. The zero-order valence-electron chi connectivity index (χ0n) is 13.8. The van der Waals surface area contributed by atoms with Crippen molar-refractivity contribution in [2.24, 2.45) is 0 Å². The molecule has 0 spiro atoms. The van der Waals surface area contributed by atoms with E-state index in [2.05, 4.69) is 5.32 Å². The molecule has 1 N–H and O–H groups in total. The average Bonchev–Trinajstić information content (AvgIpc) is 3.22. The summed E-state index contributed by atoms with van der Waals surface area (Å²) in [5.74, 6) is 0.382. The van der Waals surface area contributed by atoms with Crippen molar-refractivity contribution in [1.82, 2.24) is 9.29 Å². The van der Waals surface area contributed by atoms with E-state index >= 15 is 0 Å². The molecule has 0 amide bonds. The number of hydrogen-bond acceptors (Lipinski definition) is 4. The first-order chi connectivity index (χ1) is 12.0. The SMILES string of the molecule is Cc1c(S(=O)(=O)n2ccc(C3CCCNC3)c2)sc2ccc(Cl)cc12. The highest BCUT2D eigenvalue weighted by atomic mass is 35.5. The van der Waals surface area contributed by atoms with E-state index in [4.69, 9.17) is 11.6 Å². The third-order valence-corrected chi connectivity index (χ3v) is 8.57. The third-order valence-electron chi connectivity index (χ3n) is 4.82. The molecule has 0 saturated carbocycles. The number of aryl methyl sites for hydroxylation is 1. The van der Waals surface area contributed by atoms with Gasteiger partial charge in [0.1, 0.15) is 4.21 Å². The van der Waals surface area contributed by atoms with Crippen LogP contribution in [0.5, 0.6) is 0 Å². The van der Waals surface area contributed by atoms with Gasteiger partial charge in [0.2, 0.25) is 0 Å². The van der Waals surface area contributed by atoms with Crippen molar-refractivity contribution >= 4 is 43.0 Å². The van der Waals surface area contributed by atoms with Gasteiger partial charge in [-0.15, -0.1) is 11.3 Å². The fourth-order valence-electron chi connectivity index (χ4n) is 3.43. The van der Waals surface area contributed by atoms with Crippen LogP contribution in [0.4, 0.5) is 0 Å². The Morgan fingerprint density at radius 3 is 2.92 bits per heavy atom. The van der Waals surface area contributed by atoms with Crippen LogP contribution in [0.2, 0.25) is 5.02 Å². The predicted octanol–water partition coefficient (Wildman–Crippen LogP) is 4.37. The number of aromatic nitrogens is 1. The maximum atomic E-state index is 13.1. The highest BCUT2D eigenvalue weighted by molar-refractivity contribution is 7.92. The van der Waals surface area contributed by atoms with Gasteiger partial charge in [0.15, 0.2) is 0 Å². The summed E-state index contributed by atoms with van der Waals surface area (Å²) in [6.07, 6.45) is 5.65. The zero-order valence-corrected chi connectivity index (χ0v) is 16.2. The number of thiophene rings is 1. The van der Waals surface area contributed by atoms with Gasteiger partial charge in [0, 0.05) is 28.7 Å². The Morgan fingerprint density at radius 1 is 1.32 bits per heavy atom. The van der Waals surface area contributed by atoms with Gasteiger partial charge in [-0.1, -0.05) is 11.6 Å². The van der Waals surface area contributed by atoms with E-state index in [1.807, 2.05) is 25.1 Å². The highest BCUT2D eigenvalue weighted by Gasteiger charge is 2.25. The summed E-state index contributed by atoms with van der Waals surface area (Å²) in [6, 6.07) is 7.43. The van der Waals surface area contributed by atoms with E-state index in [-0.39, 0.29) is 0 Å². The number of nitrogens with one attached hydrogen (secondary N) is 1. The number of rotatable bonds is 3. The van der Waals surface area contributed by atoms with Crippen LogP contribution in [0.15, 0.2) is 40.9 Å². The molecule has 4 rings (SSSR count). The molecule has 0 bridgehead atoms. The summed E-state index contributed by atoms with van der Waals surface area (Å²) < 4.78 is 28.9. The van der Waals surface area contributed by atoms with Gasteiger partial charge in [0.25, 0.3) is 10.0 Å². The van der Waals surface area contributed by atoms with Crippen LogP contribution in [0.25, 0.3) is 10.1 Å². The normalized spacial score (nSPS) is 18.7. The molecular weight excluding hydrogens is 376 g/mol. The maximum Gasteiger partial charge on any atom is 0.277 e. The second-order valence-corrected chi connectivity index (χ2v) is 10.0. The largest absolute Gasteiger partial charge is 0.316 e. The molecule has 3 aromatic rings. The Balaban J connectivity index is 1.75. The molecule has 7 heteroatoms. The van der Waals surface area contributed by atoms with E-state index in [0.29, 0.717) is 15.1 Å². The van der Waals surface area contributed by atoms with Crippen molar-refractivity contribution in [2.45, 2.75) is 29.9 Å². The predicted molar refractivity (Wildman–Crippen MR) is 103 cm³/mol. The Hall–Kier alpha value is -1.34. The van der Waals surface area contributed by atoms with Crippen molar-refractivity contribution in [3.05, 3.63) is 52.8 Å². The fourth-order valence-corrected chi connectivity index (χ4v) is 6.64. The minimum Gasteiger partial charge on any atom is -0.316 e. The summed E-state index contributed by atoms with van der Waals surface area (Å²) in [5.41, 5.74) is 1.84. The lowest BCUT2D eigenvalue weighted by Crippen LogP contribution is -2.28. The lowest BCUT2D eigenvalue weighted by atomic mass is 9.94. The van der Waals surface area contributed by atoms with Crippen molar-refractivity contribution in [3.63, 3.8) is 0 Å². The molecule has 1 unspecified atom stereocenters. The standard InChI is InChI=1S/C18H19ClN2O2S2/c1-12-16-9-15(19)4-5-17(16)24-18(12)25(22,23)21-8-6-14(11-21)13-3-2-7-20-10-13/h4-6,8-9,11,13,20H,2-3,7,10H2,1H3. The number of piperidine rings is 1. The van der Waals surface area contributed by atoms with Crippen molar-refractivity contribution in [3.8, 4) is 0 Å². The van der Waals surface area contributed by atoms with Crippen LogP contribution in [0, 0.1) is 6.92 Å². The number of nitrogens with zero attached hydrogens (tertiary/aromatic N) is 1. The topological polar surface area (TPSA) is 51.1 Å². The Kier molecular flexibility index (Phi) is 4.40. The lowest BCUT2D eigenvalue weighted by Gasteiger charge is -2.21. The lowest BCUT2D eigenvalue weighted by molar-refractivity contribution is 0.462. The fraction of sp³-hybridized carbons (Fsp3) is 0.333. The number of fused-ring (bicyclic) bond motifs is 1. The zero-order chi connectivity index (χ0) is 17.6. The van der Waals surface area contributed by atoms with Crippen LogP contribution in [0.3, 0.4) is 0 Å². The Labute approximate surface area is 156 Å². The van der Waals surface area contributed by atoms with Crippen molar-refractivity contribution in [2.75, 3.05) is 13.1 Å². The highest BCUT2D eigenvalue weighted by Crippen LogP contribution is 2.37. The molecule has 0 radical (unpaired) electrons. The van der Waals surface area contributed by atoms with Gasteiger partial charge >= 0.3 is 0 Å². The monoisotopic (exact) mass is 394 g/mol. The van der Waals surface area contributed by atoms with E-state index < -0.39 is 10.0 Å². The Bertz CT molecular complexity index is 1030. The van der Waals surface area contributed by atoms with Gasteiger partial charge in [-0.3, -0.25) is 0 Å². The molecule has 4 nitrogen and oxygen atoms in total. The van der Waals surface area contributed by atoms with E-state index in [1.54, 1.807) is 18.5 Å². The van der Waals surface area contributed by atoms with Gasteiger partial charge in [0.05, 0.1) is 0 Å². The molecule has 2 aromatic heterocycles. The first kappa shape index (κ1) is 17.1. The third kappa shape index (κ3) is 3.01. The molecule has 1 aliphatic heterocycles. The van der Waals surface area contributed by atoms with Crippen LogP contribution in [-0.2, 0) is 10.0 Å². The van der Waals surface area contributed by atoms with E-state index in [0.717, 1.165) is 47.1 Å². The molecular formula is C18H19ClN2O2S2. The van der Waals surface area contributed by atoms with Crippen molar-refractivity contribution in [1.29, 1.82) is 0 Å². The van der Waals surface area contributed by atoms with Gasteiger partial charge < -0.3 is 5.32 Å². The molecule has 3 heterocycles. The molecule has 1 aliphatic rings. The van der Waals surface area contributed by atoms with Crippen LogP contribution in [-0.4, -0.2) is 25.5 Å². The summed E-state index contributed by atoms with van der Waals surface area (Å²) in [6.45, 7) is 3.79. The summed E-state index contributed by atoms with van der Waals surface area (Å²) in [5, 5.41) is 4.89. The first-order valence-corrected chi connectivity index (χ1v) is 10.9. The van der Waals surface area contributed by atoms with Gasteiger partial charge in [-0.05, 0) is 73.0 Å². The Morgan fingerprint density at radius 2 is 2.16 bits per heavy atom. The summed E-state index contributed by atoms with van der Waals surface area (Å²) in [7, 11) is -3.59. The number of hydrogen-bond donors (Lipinski definition) is 1. The first-order valence-electron chi connectivity index (χ1n) is 8.29. The molecule has 1 fully saturated rings. The van der Waals surface area contributed by atoms with Crippen LogP contribution < -0.4 is 5.32 Å². The molecule has 25 heavy (non-hydrogen) atoms. The van der Waals surface area contributed by atoms with E-state index in [1.165, 1.54) is 15.3 Å². The van der Waals surface area contributed by atoms with Gasteiger partial charge in [-0.2, -0.15) is 8.42 Å².